The highest BCUT2D eigenvalue weighted by Crippen LogP contribution is 2.16. The van der Waals surface area contributed by atoms with Crippen LogP contribution in [0, 0.1) is 0 Å². The quantitative estimate of drug-likeness (QED) is 0.704. The Morgan fingerprint density at radius 2 is 2.07 bits per heavy atom. The van der Waals surface area contributed by atoms with Crippen LogP contribution in [0.4, 0.5) is 13.2 Å². The molecule has 0 radical (unpaired) electrons. The van der Waals surface area contributed by atoms with Crippen molar-refractivity contribution in [3.05, 3.63) is 0 Å². The first kappa shape index (κ1) is 12.7. The smallest absolute Gasteiger partial charge is 0.392 e. The van der Waals surface area contributed by atoms with Crippen molar-refractivity contribution in [2.75, 3.05) is 19.6 Å². The molecule has 0 spiro atoms. The maximum atomic E-state index is 11.8. The highest BCUT2D eigenvalue weighted by Gasteiger charge is 2.34. The van der Waals surface area contributed by atoms with Crippen LogP contribution in [0.15, 0.2) is 0 Å². The molecule has 15 heavy (non-hydrogen) atoms. The van der Waals surface area contributed by atoms with Crippen molar-refractivity contribution in [3.8, 4) is 0 Å². The molecule has 1 aliphatic heterocycles. The predicted molar refractivity (Wildman–Crippen MR) is 45.2 cm³/mol. The van der Waals surface area contributed by atoms with E-state index >= 15 is 0 Å². The third-order valence-corrected chi connectivity index (χ3v) is 3.44. The zero-order chi connectivity index (χ0) is 11.7. The maximum Gasteiger partial charge on any atom is 0.402 e. The molecule has 0 amide bonds. The van der Waals surface area contributed by atoms with Crippen LogP contribution >= 0.6 is 0 Å². The first-order valence-electron chi connectivity index (χ1n) is 4.20. The normalized spacial score (nSPS) is 24.7. The van der Waals surface area contributed by atoms with Gasteiger partial charge in [-0.2, -0.15) is 30.6 Å². The van der Waals surface area contributed by atoms with E-state index in [2.05, 4.69) is 0 Å². The molecule has 0 aromatic heterocycles. The minimum Gasteiger partial charge on any atom is -0.392 e. The highest BCUT2D eigenvalue weighted by molar-refractivity contribution is 7.87. The van der Waals surface area contributed by atoms with Gasteiger partial charge < -0.3 is 5.11 Å². The number of nitrogens with zero attached hydrogens (tertiary/aromatic N) is 1. The average Bonchev–Trinajstić information content (AvgIpc) is 2.48. The lowest BCUT2D eigenvalue weighted by Crippen LogP contribution is -2.43. The summed E-state index contributed by atoms with van der Waals surface area (Å²) in [5.74, 6) is 0. The molecule has 0 aromatic carbocycles. The van der Waals surface area contributed by atoms with Crippen LogP contribution in [-0.2, 0) is 10.2 Å². The zero-order valence-corrected chi connectivity index (χ0v) is 8.48. The summed E-state index contributed by atoms with van der Waals surface area (Å²) in [5, 5.41) is 9.03. The summed E-state index contributed by atoms with van der Waals surface area (Å²) < 4.78 is 59.9. The Labute approximate surface area is 85.1 Å². The molecular weight excluding hydrogens is 237 g/mol. The molecule has 0 aliphatic carbocycles. The first-order chi connectivity index (χ1) is 6.71. The van der Waals surface area contributed by atoms with Crippen LogP contribution in [0.2, 0.25) is 0 Å². The van der Waals surface area contributed by atoms with E-state index in [1.807, 2.05) is 0 Å². The van der Waals surface area contributed by atoms with Crippen molar-refractivity contribution in [1.82, 2.24) is 9.03 Å². The molecule has 0 saturated carbocycles. The molecule has 0 bridgehead atoms. The number of β-amino-alcohol motifs (C(OH)–C–C–N with tert-alkyl or cyclic N) is 1. The monoisotopic (exact) mass is 248 g/mol. The fourth-order valence-electron chi connectivity index (χ4n) is 1.19. The minimum atomic E-state index is -4.58. The Bertz CT molecular complexity index is 316. The van der Waals surface area contributed by atoms with Gasteiger partial charge in [0, 0.05) is 13.1 Å². The van der Waals surface area contributed by atoms with Crippen LogP contribution < -0.4 is 4.72 Å². The van der Waals surface area contributed by atoms with Crippen LogP contribution in [-0.4, -0.2) is 49.7 Å². The van der Waals surface area contributed by atoms with Crippen molar-refractivity contribution in [2.45, 2.75) is 18.7 Å². The molecule has 1 heterocycles. The highest BCUT2D eigenvalue weighted by atomic mass is 32.2. The summed E-state index contributed by atoms with van der Waals surface area (Å²) >= 11 is 0. The number of halogens is 3. The van der Waals surface area contributed by atoms with Gasteiger partial charge in [-0.05, 0) is 6.42 Å². The second kappa shape index (κ2) is 4.24. The van der Waals surface area contributed by atoms with Crippen molar-refractivity contribution in [2.24, 2.45) is 0 Å². The van der Waals surface area contributed by atoms with Gasteiger partial charge in [-0.15, -0.1) is 0 Å². The summed E-state index contributed by atoms with van der Waals surface area (Å²) in [6.07, 6.45) is -5.13. The van der Waals surface area contributed by atoms with Gasteiger partial charge in [-0.25, -0.2) is 0 Å². The van der Waals surface area contributed by atoms with Gasteiger partial charge in [0.2, 0.25) is 0 Å². The number of nitrogens with one attached hydrogen (secondary N) is 1. The number of rotatable bonds is 3. The minimum absolute atomic E-state index is 0.0361. The third kappa shape index (κ3) is 3.93. The Balaban J connectivity index is 2.53. The lowest BCUT2D eigenvalue weighted by molar-refractivity contribution is -0.121. The summed E-state index contributed by atoms with van der Waals surface area (Å²) in [4.78, 5) is 0. The van der Waals surface area contributed by atoms with E-state index in [1.54, 1.807) is 0 Å². The molecule has 1 aliphatic rings. The Hall–Kier alpha value is -0.380. The number of alkyl halides is 3. The summed E-state index contributed by atoms with van der Waals surface area (Å²) in [6.45, 7) is -1.72. The van der Waals surface area contributed by atoms with Crippen molar-refractivity contribution >= 4 is 10.2 Å². The molecule has 90 valence electrons. The Morgan fingerprint density at radius 1 is 1.47 bits per heavy atom. The van der Waals surface area contributed by atoms with Crippen LogP contribution in [0.25, 0.3) is 0 Å². The summed E-state index contributed by atoms with van der Waals surface area (Å²) in [5.41, 5.74) is 0. The average molecular weight is 248 g/mol. The Kier molecular flexibility index (Phi) is 3.59. The number of aliphatic hydroxyl groups excluding tert-OH is 1. The van der Waals surface area contributed by atoms with E-state index in [9.17, 15) is 21.6 Å². The molecule has 0 unspecified atom stereocenters. The summed E-state index contributed by atoms with van der Waals surface area (Å²) in [6, 6.07) is 0. The number of aliphatic hydroxyl groups is 1. The van der Waals surface area contributed by atoms with E-state index < -0.39 is 29.0 Å². The second-order valence-corrected chi connectivity index (χ2v) is 5.00. The van der Waals surface area contributed by atoms with Gasteiger partial charge in [0.05, 0.1) is 6.10 Å². The van der Waals surface area contributed by atoms with E-state index in [-0.39, 0.29) is 19.5 Å². The number of hydrogen-bond acceptors (Lipinski definition) is 3. The molecule has 1 fully saturated rings. The van der Waals surface area contributed by atoms with Crippen LogP contribution in [0.5, 0.6) is 0 Å². The molecule has 2 N–H and O–H groups in total. The van der Waals surface area contributed by atoms with E-state index in [0.717, 1.165) is 4.31 Å². The summed E-state index contributed by atoms with van der Waals surface area (Å²) in [7, 11) is -4.12. The molecule has 5 nitrogen and oxygen atoms in total. The van der Waals surface area contributed by atoms with E-state index in [1.165, 1.54) is 4.72 Å². The van der Waals surface area contributed by atoms with Gasteiger partial charge in [0.15, 0.2) is 0 Å². The van der Waals surface area contributed by atoms with Crippen molar-refractivity contribution in [1.29, 1.82) is 0 Å². The maximum absolute atomic E-state index is 11.8. The fraction of sp³-hybridized carbons (Fsp3) is 1.00. The van der Waals surface area contributed by atoms with Gasteiger partial charge >= 0.3 is 6.18 Å². The van der Waals surface area contributed by atoms with Gasteiger partial charge in [0.1, 0.15) is 6.54 Å². The third-order valence-electron chi connectivity index (χ3n) is 1.92. The van der Waals surface area contributed by atoms with E-state index in [4.69, 9.17) is 5.11 Å². The molecule has 1 saturated heterocycles. The van der Waals surface area contributed by atoms with E-state index in [0.29, 0.717) is 0 Å². The van der Waals surface area contributed by atoms with Gasteiger partial charge in [-0.3, -0.25) is 0 Å². The molecule has 9 heteroatoms. The lowest BCUT2D eigenvalue weighted by atomic mass is 10.3. The standard InChI is InChI=1S/C6H11F3N2O3S/c7-6(8,9)4-10-15(13,14)11-2-1-5(12)3-11/h5,10,12H,1-4H2/t5-/m1/s1. The molecule has 1 rings (SSSR count). The SMILES string of the molecule is O=S(=O)(NCC(F)(F)F)N1CC[C@@H](O)C1. The topological polar surface area (TPSA) is 69.6 Å². The van der Waals surface area contributed by atoms with Crippen LogP contribution in [0.1, 0.15) is 6.42 Å². The molecule has 1 atom stereocenters. The largest absolute Gasteiger partial charge is 0.402 e. The van der Waals surface area contributed by atoms with Gasteiger partial charge in [-0.1, -0.05) is 0 Å². The van der Waals surface area contributed by atoms with Crippen LogP contribution in [0.3, 0.4) is 0 Å². The van der Waals surface area contributed by atoms with Crippen molar-refractivity contribution in [3.63, 3.8) is 0 Å². The predicted octanol–water partition coefficient (Wildman–Crippen LogP) is -0.550. The second-order valence-electron chi connectivity index (χ2n) is 3.24. The zero-order valence-electron chi connectivity index (χ0n) is 7.66. The lowest BCUT2D eigenvalue weighted by Gasteiger charge is -2.16. The number of hydrogen-bond donors (Lipinski definition) is 2. The molecule has 0 aromatic rings. The first-order valence-corrected chi connectivity index (χ1v) is 5.64. The fourth-order valence-corrected chi connectivity index (χ4v) is 2.44. The van der Waals surface area contributed by atoms with Gasteiger partial charge in [0.25, 0.3) is 10.2 Å². The van der Waals surface area contributed by atoms with Crippen molar-refractivity contribution < 1.29 is 26.7 Å². The Morgan fingerprint density at radius 3 is 2.47 bits per heavy atom. The molecular formula is C6H11F3N2O3S.